The zero-order valence-corrected chi connectivity index (χ0v) is 16.3. The van der Waals surface area contributed by atoms with Crippen molar-refractivity contribution in [2.45, 2.75) is 20.0 Å². The highest BCUT2D eigenvalue weighted by Gasteiger charge is 2.19. The van der Waals surface area contributed by atoms with Crippen molar-refractivity contribution in [3.8, 4) is 0 Å². The Kier molecular flexibility index (Phi) is 6.52. The van der Waals surface area contributed by atoms with Crippen LogP contribution in [0.3, 0.4) is 0 Å². The van der Waals surface area contributed by atoms with Crippen LogP contribution in [-0.4, -0.2) is 65.3 Å². The highest BCUT2D eigenvalue weighted by molar-refractivity contribution is 6.30. The third-order valence-corrected chi connectivity index (χ3v) is 4.84. The molecule has 1 fully saturated rings. The van der Waals surface area contributed by atoms with Gasteiger partial charge in [-0.05, 0) is 30.2 Å². The molecule has 6 nitrogen and oxygen atoms in total. The van der Waals surface area contributed by atoms with E-state index in [1.54, 1.807) is 0 Å². The van der Waals surface area contributed by atoms with Crippen molar-refractivity contribution in [2.75, 3.05) is 39.8 Å². The first-order valence-corrected chi connectivity index (χ1v) is 9.43. The molecular weight excluding hydrogens is 348 g/mol. The van der Waals surface area contributed by atoms with E-state index in [1.165, 1.54) is 11.1 Å². The van der Waals surface area contributed by atoms with E-state index in [9.17, 15) is 0 Å². The summed E-state index contributed by atoms with van der Waals surface area (Å²) in [6, 6.07) is 8.12. The summed E-state index contributed by atoms with van der Waals surface area (Å²) in [5, 5.41) is 8.55. The number of piperazine rings is 1. The van der Waals surface area contributed by atoms with Gasteiger partial charge in [0.25, 0.3) is 0 Å². The van der Waals surface area contributed by atoms with Gasteiger partial charge in [-0.1, -0.05) is 23.7 Å². The fourth-order valence-electron chi connectivity index (χ4n) is 3.17. The number of nitrogens with zero attached hydrogens (tertiary/aromatic N) is 5. The first-order valence-electron chi connectivity index (χ1n) is 9.05. The predicted molar refractivity (Wildman–Crippen MR) is 107 cm³/mol. The second-order valence-corrected chi connectivity index (χ2v) is 7.08. The third-order valence-electron chi connectivity index (χ3n) is 4.59. The van der Waals surface area contributed by atoms with Crippen LogP contribution in [0.15, 0.2) is 41.7 Å². The molecule has 0 unspecified atom stereocenters. The molecule has 0 amide bonds. The number of guanidine groups is 1. The van der Waals surface area contributed by atoms with Gasteiger partial charge >= 0.3 is 0 Å². The quantitative estimate of drug-likeness (QED) is 0.644. The van der Waals surface area contributed by atoms with Crippen LogP contribution in [0.2, 0.25) is 5.02 Å². The molecule has 1 aromatic carbocycles. The summed E-state index contributed by atoms with van der Waals surface area (Å²) in [6.07, 6.45) is 3.94. The largest absolute Gasteiger partial charge is 0.354 e. The fourth-order valence-corrected chi connectivity index (χ4v) is 3.30. The zero-order valence-electron chi connectivity index (χ0n) is 15.5. The second-order valence-electron chi connectivity index (χ2n) is 6.64. The summed E-state index contributed by atoms with van der Waals surface area (Å²) in [6.45, 7) is 8.70. The van der Waals surface area contributed by atoms with Gasteiger partial charge in [-0.25, -0.2) is 0 Å². The average Bonchev–Trinajstić information content (AvgIpc) is 3.07. The minimum Gasteiger partial charge on any atom is -0.354 e. The molecular formula is C19H27ClN6. The molecule has 1 saturated heterocycles. The predicted octanol–water partition coefficient (Wildman–Crippen LogP) is 2.24. The number of hydrogen-bond acceptors (Lipinski definition) is 3. The topological polar surface area (TPSA) is 48.7 Å². The Labute approximate surface area is 160 Å². The van der Waals surface area contributed by atoms with Crippen LogP contribution < -0.4 is 5.32 Å². The summed E-state index contributed by atoms with van der Waals surface area (Å²) < 4.78 is 1.96. The maximum atomic E-state index is 5.96. The van der Waals surface area contributed by atoms with Crippen molar-refractivity contribution in [3.63, 3.8) is 0 Å². The molecule has 0 spiro atoms. The molecule has 1 N–H and O–H groups in total. The molecule has 140 valence electrons. The lowest BCUT2D eigenvalue weighted by atomic mass is 10.2. The van der Waals surface area contributed by atoms with Crippen LogP contribution in [0.5, 0.6) is 0 Å². The van der Waals surface area contributed by atoms with Gasteiger partial charge < -0.3 is 10.2 Å². The summed E-state index contributed by atoms with van der Waals surface area (Å²) in [5.74, 6) is 0.972. The van der Waals surface area contributed by atoms with Crippen LogP contribution >= 0.6 is 11.6 Å². The van der Waals surface area contributed by atoms with Crippen LogP contribution in [0.1, 0.15) is 11.1 Å². The van der Waals surface area contributed by atoms with Crippen molar-refractivity contribution in [2.24, 2.45) is 4.99 Å². The summed E-state index contributed by atoms with van der Waals surface area (Å²) >= 11 is 5.96. The molecule has 0 bridgehead atoms. The van der Waals surface area contributed by atoms with Crippen molar-refractivity contribution >= 4 is 17.6 Å². The van der Waals surface area contributed by atoms with Crippen LogP contribution in [0, 0.1) is 6.92 Å². The van der Waals surface area contributed by atoms with Gasteiger partial charge in [0.15, 0.2) is 5.96 Å². The number of hydrogen-bond donors (Lipinski definition) is 1. The molecule has 7 heteroatoms. The lowest BCUT2D eigenvalue weighted by Crippen LogP contribution is -2.52. The molecule has 1 aromatic heterocycles. The lowest BCUT2D eigenvalue weighted by Gasteiger charge is -2.36. The summed E-state index contributed by atoms with van der Waals surface area (Å²) in [5.41, 5.74) is 2.49. The monoisotopic (exact) mass is 374 g/mol. The third kappa shape index (κ3) is 5.22. The average molecular weight is 375 g/mol. The van der Waals surface area contributed by atoms with Gasteiger partial charge in [0, 0.05) is 57.5 Å². The highest BCUT2D eigenvalue weighted by atomic mass is 35.5. The molecule has 3 rings (SSSR count). The Morgan fingerprint density at radius 1 is 1.19 bits per heavy atom. The van der Waals surface area contributed by atoms with Crippen molar-refractivity contribution in [3.05, 3.63) is 52.8 Å². The van der Waals surface area contributed by atoms with Crippen LogP contribution in [0.25, 0.3) is 0 Å². The normalized spacial score (nSPS) is 16.1. The first-order chi connectivity index (χ1) is 12.6. The van der Waals surface area contributed by atoms with E-state index in [4.69, 9.17) is 11.6 Å². The van der Waals surface area contributed by atoms with Gasteiger partial charge in [-0.3, -0.25) is 14.6 Å². The lowest BCUT2D eigenvalue weighted by molar-refractivity contribution is 0.172. The number of benzene rings is 1. The van der Waals surface area contributed by atoms with Crippen molar-refractivity contribution in [1.29, 1.82) is 0 Å². The number of nitrogens with one attached hydrogen (secondary N) is 1. The van der Waals surface area contributed by atoms with Gasteiger partial charge in [0.1, 0.15) is 0 Å². The van der Waals surface area contributed by atoms with Gasteiger partial charge in [-0.2, -0.15) is 5.10 Å². The Morgan fingerprint density at radius 2 is 1.92 bits per heavy atom. The minimum absolute atomic E-state index is 0.790. The SMILES string of the molecule is CN=C(NCCn1cc(C)cn1)N1CCN(Cc2ccc(Cl)cc2)CC1. The number of aliphatic imine (C=N–C) groups is 1. The number of halogens is 1. The second kappa shape index (κ2) is 9.05. The Bertz CT molecular complexity index is 716. The van der Waals surface area contributed by atoms with Crippen molar-refractivity contribution in [1.82, 2.24) is 24.9 Å². The van der Waals surface area contributed by atoms with E-state index in [0.717, 1.165) is 56.8 Å². The Balaban J connectivity index is 1.42. The highest BCUT2D eigenvalue weighted by Crippen LogP contribution is 2.13. The zero-order chi connectivity index (χ0) is 18.4. The number of aromatic nitrogens is 2. The van der Waals surface area contributed by atoms with Crippen molar-refractivity contribution < 1.29 is 0 Å². The maximum absolute atomic E-state index is 5.96. The molecule has 2 heterocycles. The number of rotatable bonds is 5. The van der Waals surface area contributed by atoms with E-state index >= 15 is 0 Å². The molecule has 1 aliphatic rings. The fraction of sp³-hybridized carbons (Fsp3) is 0.474. The van der Waals surface area contributed by atoms with Crippen LogP contribution in [-0.2, 0) is 13.1 Å². The van der Waals surface area contributed by atoms with E-state index in [-0.39, 0.29) is 0 Å². The summed E-state index contributed by atoms with van der Waals surface area (Å²) in [4.78, 5) is 9.23. The Morgan fingerprint density at radius 3 is 2.54 bits per heavy atom. The minimum atomic E-state index is 0.790. The smallest absolute Gasteiger partial charge is 0.193 e. The van der Waals surface area contributed by atoms with E-state index in [2.05, 4.69) is 50.5 Å². The molecule has 1 aliphatic heterocycles. The molecule has 0 aliphatic carbocycles. The molecule has 0 saturated carbocycles. The van der Waals surface area contributed by atoms with E-state index in [0.29, 0.717) is 0 Å². The molecule has 26 heavy (non-hydrogen) atoms. The van der Waals surface area contributed by atoms with E-state index < -0.39 is 0 Å². The van der Waals surface area contributed by atoms with Gasteiger partial charge in [0.05, 0.1) is 12.7 Å². The maximum Gasteiger partial charge on any atom is 0.193 e. The standard InChI is InChI=1S/C19H27ClN6/c1-16-13-23-26(14-16)8-7-22-19(21-2)25-11-9-24(10-12-25)15-17-3-5-18(20)6-4-17/h3-6,13-14H,7-12,15H2,1-2H3,(H,21,22). The Hall–Kier alpha value is -2.05. The van der Waals surface area contributed by atoms with E-state index in [1.807, 2.05) is 30.1 Å². The molecule has 0 atom stereocenters. The molecule has 2 aromatic rings. The summed E-state index contributed by atoms with van der Waals surface area (Å²) in [7, 11) is 1.85. The van der Waals surface area contributed by atoms with Gasteiger partial charge in [0.2, 0.25) is 0 Å². The first kappa shape index (κ1) is 18.7. The molecule has 0 radical (unpaired) electrons. The van der Waals surface area contributed by atoms with Gasteiger partial charge in [-0.15, -0.1) is 0 Å². The van der Waals surface area contributed by atoms with Crippen LogP contribution in [0.4, 0.5) is 0 Å². The number of aryl methyl sites for hydroxylation is 1.